The Morgan fingerprint density at radius 2 is 1.19 bits per heavy atom. The van der Waals surface area contributed by atoms with E-state index in [-0.39, 0.29) is 38.8 Å². The lowest BCUT2D eigenvalue weighted by Gasteiger charge is -2.08. The average molecular weight is 753 g/mol. The molecule has 47 heavy (non-hydrogen) atoms. The first kappa shape index (κ1) is 37.2. The monoisotopic (exact) mass is 752 g/mol. The molecule has 0 unspecified atom stereocenters. The summed E-state index contributed by atoms with van der Waals surface area (Å²) < 4.78 is 122. The molecule has 0 bridgehead atoms. The summed E-state index contributed by atoms with van der Waals surface area (Å²) in [5.74, 6) is -0.785. The third-order valence-corrected chi connectivity index (χ3v) is 10.1. The maximum absolute atomic E-state index is 11.5. The molecule has 0 saturated carbocycles. The Labute approximate surface area is 271 Å². The number of nitrogens with zero attached hydrogens (tertiary/aromatic N) is 4. The number of anilines is 4. The molecule has 0 aliphatic carbocycles. The van der Waals surface area contributed by atoms with Crippen molar-refractivity contribution in [1.29, 1.82) is 0 Å². The number of azo groups is 1. The predicted octanol–water partition coefficient (Wildman–Crippen LogP) is 1.78. The van der Waals surface area contributed by atoms with Crippen molar-refractivity contribution >= 4 is 97.4 Å². The molecule has 4 aromatic rings. The minimum Gasteiger partial charge on any atom is -0.398 e. The van der Waals surface area contributed by atoms with E-state index in [1.165, 1.54) is 24.3 Å². The van der Waals surface area contributed by atoms with Crippen LogP contribution in [0, 0.1) is 0 Å². The summed E-state index contributed by atoms with van der Waals surface area (Å²) >= 11 is 0.918. The van der Waals surface area contributed by atoms with Crippen molar-refractivity contribution in [3.05, 3.63) is 48.5 Å². The molecular weight excluding hydrogens is 729 g/mol. The Kier molecular flexibility index (Phi) is 11.0. The number of nitrogen functional groups attached to an aromatic ring is 4. The van der Waals surface area contributed by atoms with Crippen molar-refractivity contribution in [3.63, 3.8) is 0 Å². The van der Waals surface area contributed by atoms with E-state index in [1.807, 2.05) is 0 Å². The summed E-state index contributed by atoms with van der Waals surface area (Å²) in [7, 11) is -17.5. The number of nitrogens with two attached hydrogens (primary N) is 4. The number of fused-ring (bicyclic) bond motifs is 1. The largest absolute Gasteiger partial charge is 0.398 e. The van der Waals surface area contributed by atoms with Gasteiger partial charge in [-0.25, -0.2) is 9.97 Å². The Hall–Kier alpha value is -4.21. The van der Waals surface area contributed by atoms with Crippen LogP contribution in [0.5, 0.6) is 0 Å². The SMILES string of the molecule is Nc1cc(S(=O)(=O)O)ccc1S(=O)(=O)O.Nc1nc(SCCS(=O)(=O)O)nc(N)c1N=Nc1ccc(N)c2ccc(S(=O)(=O)O)cc12. The molecular formula is C22H24N8O12S5. The summed E-state index contributed by atoms with van der Waals surface area (Å²) in [5, 5.41) is 8.88. The molecule has 20 nitrogen and oxygen atoms in total. The van der Waals surface area contributed by atoms with Gasteiger partial charge in [0.2, 0.25) is 0 Å². The lowest BCUT2D eigenvalue weighted by atomic mass is 10.1. The fourth-order valence-corrected chi connectivity index (χ4v) is 6.79. The van der Waals surface area contributed by atoms with Crippen LogP contribution in [0.2, 0.25) is 0 Å². The van der Waals surface area contributed by atoms with Gasteiger partial charge in [0.05, 0.1) is 26.9 Å². The minimum absolute atomic E-state index is 0.0217. The van der Waals surface area contributed by atoms with Crippen molar-refractivity contribution in [3.8, 4) is 0 Å². The number of benzene rings is 3. The number of hydrogen-bond acceptors (Lipinski definition) is 17. The van der Waals surface area contributed by atoms with Gasteiger partial charge in [-0.3, -0.25) is 18.2 Å². The van der Waals surface area contributed by atoms with E-state index in [4.69, 9.17) is 36.6 Å². The normalized spacial score (nSPS) is 12.6. The van der Waals surface area contributed by atoms with Crippen LogP contribution in [-0.2, 0) is 40.5 Å². The molecule has 0 amide bonds. The van der Waals surface area contributed by atoms with Gasteiger partial charge in [-0.2, -0.15) is 33.7 Å². The van der Waals surface area contributed by atoms with E-state index in [9.17, 15) is 38.2 Å². The molecule has 0 fully saturated rings. The summed E-state index contributed by atoms with van der Waals surface area (Å²) in [6.45, 7) is 0. The molecule has 0 atom stereocenters. The summed E-state index contributed by atoms with van der Waals surface area (Å²) in [4.78, 5) is 6.44. The van der Waals surface area contributed by atoms with Crippen molar-refractivity contribution in [2.45, 2.75) is 19.8 Å². The molecule has 4 rings (SSSR count). The van der Waals surface area contributed by atoms with Crippen LogP contribution in [0.4, 0.5) is 34.4 Å². The number of aromatic nitrogens is 2. The van der Waals surface area contributed by atoms with E-state index >= 15 is 0 Å². The third-order valence-electron chi connectivity index (χ3n) is 5.60. The second-order valence-electron chi connectivity index (χ2n) is 8.97. The number of hydrogen-bond donors (Lipinski definition) is 8. The third kappa shape index (κ3) is 10.1. The quantitative estimate of drug-likeness (QED) is 0.0397. The first-order valence-electron chi connectivity index (χ1n) is 12.0. The van der Waals surface area contributed by atoms with Crippen LogP contribution in [-0.4, -0.2) is 73.4 Å². The Morgan fingerprint density at radius 1 is 0.638 bits per heavy atom. The van der Waals surface area contributed by atoms with Crippen LogP contribution in [0.15, 0.2) is 78.6 Å². The predicted molar refractivity (Wildman–Crippen MR) is 171 cm³/mol. The fraction of sp³-hybridized carbons (Fsp3) is 0.0909. The maximum Gasteiger partial charge on any atom is 0.296 e. The zero-order valence-corrected chi connectivity index (χ0v) is 27.3. The van der Waals surface area contributed by atoms with Gasteiger partial charge >= 0.3 is 0 Å². The highest BCUT2D eigenvalue weighted by atomic mass is 32.2. The lowest BCUT2D eigenvalue weighted by Crippen LogP contribution is -2.07. The smallest absolute Gasteiger partial charge is 0.296 e. The fourth-order valence-electron chi connectivity index (χ4n) is 3.48. The van der Waals surface area contributed by atoms with Crippen LogP contribution in [0.1, 0.15) is 0 Å². The van der Waals surface area contributed by atoms with Crippen molar-refractivity contribution in [2.75, 3.05) is 34.4 Å². The minimum atomic E-state index is -4.50. The van der Waals surface area contributed by atoms with Gasteiger partial charge in [-0.05, 0) is 42.5 Å². The first-order chi connectivity index (χ1) is 21.5. The van der Waals surface area contributed by atoms with Crippen LogP contribution >= 0.6 is 11.8 Å². The van der Waals surface area contributed by atoms with Gasteiger partial charge < -0.3 is 22.9 Å². The van der Waals surface area contributed by atoms with Gasteiger partial charge in [-0.15, -0.1) is 10.2 Å². The highest BCUT2D eigenvalue weighted by Gasteiger charge is 2.18. The van der Waals surface area contributed by atoms with Crippen molar-refractivity contribution in [2.24, 2.45) is 10.2 Å². The number of rotatable bonds is 9. The van der Waals surface area contributed by atoms with Gasteiger partial charge in [0.1, 0.15) is 4.90 Å². The van der Waals surface area contributed by atoms with Crippen molar-refractivity contribution in [1.82, 2.24) is 9.97 Å². The van der Waals surface area contributed by atoms with Gasteiger partial charge in [-0.1, -0.05) is 17.8 Å². The highest BCUT2D eigenvalue weighted by Crippen LogP contribution is 2.35. The summed E-state index contributed by atoms with van der Waals surface area (Å²) in [6.07, 6.45) is 0. The highest BCUT2D eigenvalue weighted by molar-refractivity contribution is 8.00. The zero-order valence-electron chi connectivity index (χ0n) is 23.2. The molecule has 0 aliphatic heterocycles. The van der Waals surface area contributed by atoms with Gasteiger partial charge in [0.25, 0.3) is 40.5 Å². The first-order valence-corrected chi connectivity index (χ1v) is 19.0. The van der Waals surface area contributed by atoms with E-state index < -0.39 is 61.7 Å². The van der Waals surface area contributed by atoms with Gasteiger partial charge in [0, 0.05) is 22.2 Å². The van der Waals surface area contributed by atoms with Crippen LogP contribution in [0.25, 0.3) is 10.8 Å². The second kappa shape index (κ2) is 13.9. The number of thioether (sulfide) groups is 1. The molecule has 12 N–H and O–H groups in total. The lowest BCUT2D eigenvalue weighted by molar-refractivity contribution is 0.479. The Morgan fingerprint density at radius 3 is 1.70 bits per heavy atom. The van der Waals surface area contributed by atoms with Crippen LogP contribution in [0.3, 0.4) is 0 Å². The van der Waals surface area contributed by atoms with Crippen molar-refractivity contribution < 1.29 is 51.9 Å². The van der Waals surface area contributed by atoms with E-state index in [1.54, 1.807) is 6.07 Å². The molecule has 3 aromatic carbocycles. The molecule has 1 aromatic heterocycles. The molecule has 0 saturated heterocycles. The Bertz CT molecular complexity index is 2310. The summed E-state index contributed by atoms with van der Waals surface area (Å²) in [6, 6.07) is 9.20. The molecule has 0 aliphatic rings. The van der Waals surface area contributed by atoms with Gasteiger partial charge in [0.15, 0.2) is 22.5 Å². The standard InChI is InChI=1S/C16H17N7O6S3.C6H7NO6S2/c17-11-3-4-12(10-7-8(32(27,28)29)1-2-9(10)11)22-23-13-14(18)20-16(21-15(13)19)30-5-6-31(24,25)26;7-5-3-4(14(8,9)10)1-2-6(5)15(11,12)13/h1-4,7H,5-6,17H2,(H,24,25,26)(H,27,28,29)(H4,18,19,20,21);1-3H,7H2,(H,8,9,10)(H,11,12,13). The van der Waals surface area contributed by atoms with E-state index in [0.717, 1.165) is 30.0 Å². The van der Waals surface area contributed by atoms with E-state index in [0.29, 0.717) is 16.5 Å². The van der Waals surface area contributed by atoms with Crippen LogP contribution < -0.4 is 22.9 Å². The molecule has 0 radical (unpaired) electrons. The summed E-state index contributed by atoms with van der Waals surface area (Å²) in [5.41, 5.74) is 22.9. The molecule has 25 heteroatoms. The van der Waals surface area contributed by atoms with E-state index in [2.05, 4.69) is 20.2 Å². The molecule has 1 heterocycles. The topological polar surface area (TPSA) is 372 Å². The Balaban J connectivity index is 0.000000335. The average Bonchev–Trinajstić information content (AvgIpc) is 2.91. The molecule has 254 valence electrons. The maximum atomic E-state index is 11.5. The molecule has 0 spiro atoms. The zero-order chi connectivity index (χ0) is 35.5. The second-order valence-corrected chi connectivity index (χ2v) is 15.8.